The van der Waals surface area contributed by atoms with Crippen LogP contribution in [-0.2, 0) is 4.79 Å². The number of nitrogens with zero attached hydrogens (tertiary/aromatic N) is 4. The van der Waals surface area contributed by atoms with E-state index in [1.165, 1.54) is 0 Å². The van der Waals surface area contributed by atoms with Gasteiger partial charge in [-0.25, -0.2) is 4.98 Å². The molecule has 1 aliphatic rings. The van der Waals surface area contributed by atoms with E-state index in [1.807, 2.05) is 43.3 Å². The molecule has 5 rings (SSSR count). The van der Waals surface area contributed by atoms with E-state index >= 15 is 0 Å². The third-order valence-electron chi connectivity index (χ3n) is 5.44. The Morgan fingerprint density at radius 1 is 1.26 bits per heavy atom. The minimum absolute atomic E-state index is 0.00992. The van der Waals surface area contributed by atoms with Gasteiger partial charge in [0.15, 0.2) is 0 Å². The number of fused-ring (bicyclic) bond motifs is 1. The van der Waals surface area contributed by atoms with Crippen LogP contribution < -0.4 is 10.6 Å². The number of rotatable bonds is 4. The zero-order valence-corrected chi connectivity index (χ0v) is 16.8. The Morgan fingerprint density at radius 3 is 3.03 bits per heavy atom. The minimum atomic E-state index is -0.266. The highest BCUT2D eigenvalue weighted by molar-refractivity contribution is 6.04. The molecule has 3 aromatic heterocycles. The summed E-state index contributed by atoms with van der Waals surface area (Å²) in [5, 5.41) is 9.92. The molecule has 1 fully saturated rings. The normalized spacial score (nSPS) is 16.3. The van der Waals surface area contributed by atoms with E-state index in [0.717, 1.165) is 24.0 Å². The van der Waals surface area contributed by atoms with Gasteiger partial charge in [0.05, 0.1) is 6.20 Å². The molecule has 0 bridgehead atoms. The van der Waals surface area contributed by atoms with E-state index in [2.05, 4.69) is 25.8 Å². The Kier molecular flexibility index (Phi) is 4.70. The number of carbonyl (C=O) groups excluding carboxylic acids is 2. The summed E-state index contributed by atoms with van der Waals surface area (Å²) in [6, 6.07) is 10.8. The summed E-state index contributed by atoms with van der Waals surface area (Å²) in [7, 11) is 0. The van der Waals surface area contributed by atoms with Crippen LogP contribution in [0.15, 0.2) is 53.3 Å². The van der Waals surface area contributed by atoms with Crippen LogP contribution in [-0.4, -0.2) is 31.3 Å². The summed E-state index contributed by atoms with van der Waals surface area (Å²) in [6.45, 7) is 1.89. The Bertz CT molecular complexity index is 1290. The lowest BCUT2D eigenvalue weighted by atomic mass is 10.0. The van der Waals surface area contributed by atoms with Crippen LogP contribution in [0.1, 0.15) is 47.2 Å². The molecule has 9 nitrogen and oxygen atoms in total. The zero-order chi connectivity index (χ0) is 21.4. The maximum absolute atomic E-state index is 12.9. The molecule has 4 heterocycles. The lowest BCUT2D eigenvalue weighted by Gasteiger charge is -2.19. The molecule has 0 radical (unpaired) electrons. The molecule has 0 unspecified atom stereocenters. The van der Waals surface area contributed by atoms with Crippen molar-refractivity contribution in [1.29, 1.82) is 0 Å². The van der Waals surface area contributed by atoms with Gasteiger partial charge in [0.25, 0.3) is 5.91 Å². The van der Waals surface area contributed by atoms with Crippen LogP contribution in [0.2, 0.25) is 0 Å². The second-order valence-electron chi connectivity index (χ2n) is 7.47. The molecule has 1 saturated heterocycles. The van der Waals surface area contributed by atoms with Crippen LogP contribution in [0, 0.1) is 6.92 Å². The molecule has 4 aromatic rings. The summed E-state index contributed by atoms with van der Waals surface area (Å²) < 4.78 is 7.15. The summed E-state index contributed by atoms with van der Waals surface area (Å²) >= 11 is 0. The maximum Gasteiger partial charge on any atom is 0.274 e. The third-order valence-corrected chi connectivity index (χ3v) is 5.44. The molecular formula is C22H20N6O3. The van der Waals surface area contributed by atoms with Gasteiger partial charge >= 0.3 is 0 Å². The van der Waals surface area contributed by atoms with E-state index in [-0.39, 0.29) is 17.9 Å². The molecule has 1 aliphatic heterocycles. The molecular weight excluding hydrogens is 396 g/mol. The zero-order valence-electron chi connectivity index (χ0n) is 16.8. The Labute approximate surface area is 177 Å². The Hall–Kier alpha value is -4.01. The second-order valence-corrected chi connectivity index (χ2v) is 7.47. The predicted molar refractivity (Wildman–Crippen MR) is 112 cm³/mol. The number of benzene rings is 1. The van der Waals surface area contributed by atoms with E-state index in [1.54, 1.807) is 16.8 Å². The van der Waals surface area contributed by atoms with Crippen molar-refractivity contribution in [2.45, 2.75) is 32.2 Å². The number of piperidine rings is 1. The van der Waals surface area contributed by atoms with Gasteiger partial charge in [0, 0.05) is 23.9 Å². The van der Waals surface area contributed by atoms with E-state index in [9.17, 15) is 9.59 Å². The van der Waals surface area contributed by atoms with Gasteiger partial charge in [-0.1, -0.05) is 23.4 Å². The number of imidazole rings is 1. The fourth-order valence-corrected chi connectivity index (χ4v) is 3.78. The predicted octanol–water partition coefficient (Wildman–Crippen LogP) is 3.29. The molecule has 31 heavy (non-hydrogen) atoms. The molecule has 0 spiro atoms. The highest BCUT2D eigenvalue weighted by Gasteiger charge is 2.25. The first kappa shape index (κ1) is 19.0. The van der Waals surface area contributed by atoms with Gasteiger partial charge in [-0.3, -0.25) is 14.0 Å². The molecule has 156 valence electrons. The molecule has 1 atom stereocenters. The molecule has 9 heteroatoms. The number of aromatic nitrogens is 4. The van der Waals surface area contributed by atoms with Crippen molar-refractivity contribution in [1.82, 2.24) is 24.8 Å². The largest absolute Gasteiger partial charge is 0.344 e. The highest BCUT2D eigenvalue weighted by Crippen LogP contribution is 2.29. The summed E-state index contributed by atoms with van der Waals surface area (Å²) in [5.41, 5.74) is 3.34. The van der Waals surface area contributed by atoms with E-state index in [4.69, 9.17) is 4.52 Å². The first-order valence-corrected chi connectivity index (χ1v) is 10.1. The van der Waals surface area contributed by atoms with Crippen molar-refractivity contribution in [2.75, 3.05) is 5.32 Å². The van der Waals surface area contributed by atoms with Gasteiger partial charge in [0.1, 0.15) is 17.4 Å². The number of hydrogen-bond acceptors (Lipinski definition) is 6. The monoisotopic (exact) mass is 416 g/mol. The van der Waals surface area contributed by atoms with Gasteiger partial charge in [-0.15, -0.1) is 0 Å². The number of nitrogens with one attached hydrogen (secondary N) is 2. The van der Waals surface area contributed by atoms with Crippen LogP contribution >= 0.6 is 0 Å². The average Bonchev–Trinajstić information content (AvgIpc) is 3.43. The molecule has 2 amide bonds. The fraction of sp³-hybridized carbons (Fsp3) is 0.227. The van der Waals surface area contributed by atoms with Crippen molar-refractivity contribution < 1.29 is 14.1 Å². The van der Waals surface area contributed by atoms with Crippen LogP contribution in [0.4, 0.5) is 5.69 Å². The van der Waals surface area contributed by atoms with Crippen molar-refractivity contribution in [3.8, 4) is 11.4 Å². The highest BCUT2D eigenvalue weighted by atomic mass is 16.5. The third kappa shape index (κ3) is 3.54. The number of carbonyl (C=O) groups is 2. The van der Waals surface area contributed by atoms with Gasteiger partial charge in [0.2, 0.25) is 17.6 Å². The first-order chi connectivity index (χ1) is 15.1. The molecule has 2 N–H and O–H groups in total. The van der Waals surface area contributed by atoms with Crippen molar-refractivity contribution in [3.63, 3.8) is 0 Å². The van der Waals surface area contributed by atoms with Gasteiger partial charge < -0.3 is 15.2 Å². The van der Waals surface area contributed by atoms with Gasteiger partial charge in [-0.2, -0.15) is 4.98 Å². The Balaban J connectivity index is 1.40. The average molecular weight is 416 g/mol. The smallest absolute Gasteiger partial charge is 0.274 e. The number of amides is 2. The van der Waals surface area contributed by atoms with Crippen LogP contribution in [0.3, 0.4) is 0 Å². The Morgan fingerprint density at radius 2 is 2.16 bits per heavy atom. The summed E-state index contributed by atoms with van der Waals surface area (Å²) in [6.07, 6.45) is 5.42. The fourth-order valence-electron chi connectivity index (χ4n) is 3.78. The van der Waals surface area contributed by atoms with E-state index < -0.39 is 0 Å². The standard InChI is InChI=1S/C22H20N6O3/c1-13-14(20-26-22(31-27-20)16-8-5-10-19(29)24-16)6-4-7-15(13)25-21(30)17-12-23-18-9-2-3-11-28(17)18/h2-4,6-7,9,11-12,16H,5,8,10H2,1H3,(H,24,29)(H,25,30)/t16-/m0/s1. The number of anilines is 1. The molecule has 0 saturated carbocycles. The van der Waals surface area contributed by atoms with Gasteiger partial charge in [-0.05, 0) is 43.5 Å². The number of hydrogen-bond donors (Lipinski definition) is 2. The van der Waals surface area contributed by atoms with Crippen molar-refractivity contribution >= 4 is 23.1 Å². The van der Waals surface area contributed by atoms with Crippen LogP contribution in [0.25, 0.3) is 17.0 Å². The minimum Gasteiger partial charge on any atom is -0.344 e. The second kappa shape index (κ2) is 7.67. The quantitative estimate of drug-likeness (QED) is 0.528. The summed E-state index contributed by atoms with van der Waals surface area (Å²) in [5.74, 6) is 0.530. The molecule has 0 aliphatic carbocycles. The summed E-state index contributed by atoms with van der Waals surface area (Å²) in [4.78, 5) is 33.3. The molecule has 1 aromatic carbocycles. The van der Waals surface area contributed by atoms with Crippen LogP contribution in [0.5, 0.6) is 0 Å². The lowest BCUT2D eigenvalue weighted by Crippen LogP contribution is -2.32. The topological polar surface area (TPSA) is 114 Å². The first-order valence-electron chi connectivity index (χ1n) is 10.1. The maximum atomic E-state index is 12.9. The SMILES string of the molecule is Cc1c(NC(=O)c2cnc3ccccn23)cccc1-c1noc([C@@H]2CCCC(=O)N2)n1. The lowest BCUT2D eigenvalue weighted by molar-refractivity contribution is -0.123. The van der Waals surface area contributed by atoms with E-state index in [0.29, 0.717) is 35.2 Å². The van der Waals surface area contributed by atoms with Crippen molar-refractivity contribution in [2.24, 2.45) is 0 Å². The number of pyridine rings is 1. The van der Waals surface area contributed by atoms with Crippen molar-refractivity contribution in [3.05, 3.63) is 65.9 Å².